The molecule has 26 heavy (non-hydrogen) atoms. The Morgan fingerprint density at radius 1 is 0.808 bits per heavy atom. The monoisotopic (exact) mass is 369 g/mol. The molecule has 154 valence electrons. The predicted molar refractivity (Wildman–Crippen MR) is 109 cm³/mol. The second-order valence-electron chi connectivity index (χ2n) is 7.79. The van der Waals surface area contributed by atoms with Gasteiger partial charge in [0.2, 0.25) is 0 Å². The molecule has 0 aromatic carbocycles. The van der Waals surface area contributed by atoms with Crippen LogP contribution in [0.15, 0.2) is 0 Å². The molecule has 0 aromatic heterocycles. The van der Waals surface area contributed by atoms with Crippen LogP contribution < -0.4 is 5.32 Å². The van der Waals surface area contributed by atoms with Gasteiger partial charge in [-0.3, -0.25) is 0 Å². The van der Waals surface area contributed by atoms with E-state index in [1.807, 2.05) is 0 Å². The molecule has 4 nitrogen and oxygen atoms in total. The van der Waals surface area contributed by atoms with Crippen molar-refractivity contribution in [3.8, 4) is 0 Å². The number of unbranched alkanes of at least 4 members (excludes halogenated alkanes) is 15. The van der Waals surface area contributed by atoms with Gasteiger partial charge in [0.05, 0.1) is 13.2 Å². The molecule has 1 saturated heterocycles. The van der Waals surface area contributed by atoms with Crippen molar-refractivity contribution in [1.29, 1.82) is 0 Å². The molecule has 0 saturated carbocycles. The first-order valence-corrected chi connectivity index (χ1v) is 11.3. The standard InChI is InChI=1S/C22H43NO3/c1-2-3-4-5-6-7-8-9-10-11-12-13-14-15-16-17-18-25-20-21-19-23-22(24)26-21/h21H,2-20H2,1H3,(H,23,24). The van der Waals surface area contributed by atoms with Crippen LogP contribution in [0, 0.1) is 0 Å². The fourth-order valence-corrected chi connectivity index (χ4v) is 3.49. The van der Waals surface area contributed by atoms with Crippen LogP contribution in [0.4, 0.5) is 4.79 Å². The zero-order valence-corrected chi connectivity index (χ0v) is 17.2. The molecule has 1 rings (SSSR count). The molecule has 4 heteroatoms. The van der Waals surface area contributed by atoms with Gasteiger partial charge in [0.1, 0.15) is 6.10 Å². The number of cyclic esters (lactones) is 1. The summed E-state index contributed by atoms with van der Waals surface area (Å²) >= 11 is 0. The SMILES string of the molecule is CCCCCCCCCCCCCCCCCCOCC1CNC(=O)O1. The van der Waals surface area contributed by atoms with E-state index in [0.717, 1.165) is 13.0 Å². The quantitative estimate of drug-likeness (QED) is 0.269. The molecule has 1 aliphatic rings. The van der Waals surface area contributed by atoms with Gasteiger partial charge in [0.15, 0.2) is 0 Å². The van der Waals surface area contributed by atoms with Crippen molar-refractivity contribution in [3.63, 3.8) is 0 Å². The zero-order valence-electron chi connectivity index (χ0n) is 17.2. The van der Waals surface area contributed by atoms with Gasteiger partial charge in [-0.25, -0.2) is 4.79 Å². The van der Waals surface area contributed by atoms with E-state index in [-0.39, 0.29) is 12.2 Å². The summed E-state index contributed by atoms with van der Waals surface area (Å²) in [6.45, 7) is 4.17. The van der Waals surface area contributed by atoms with Crippen molar-refractivity contribution in [2.24, 2.45) is 0 Å². The lowest BCUT2D eigenvalue weighted by atomic mass is 10.0. The number of nitrogens with one attached hydrogen (secondary N) is 1. The topological polar surface area (TPSA) is 47.6 Å². The lowest BCUT2D eigenvalue weighted by Gasteiger charge is -2.08. The second kappa shape index (κ2) is 17.6. The maximum Gasteiger partial charge on any atom is 0.407 e. The Hall–Kier alpha value is -0.770. The molecular weight excluding hydrogens is 326 g/mol. The van der Waals surface area contributed by atoms with Crippen molar-refractivity contribution in [3.05, 3.63) is 0 Å². The van der Waals surface area contributed by atoms with Crippen LogP contribution >= 0.6 is 0 Å². The van der Waals surface area contributed by atoms with Gasteiger partial charge < -0.3 is 14.8 Å². The van der Waals surface area contributed by atoms with Crippen molar-refractivity contribution in [1.82, 2.24) is 5.32 Å². The Morgan fingerprint density at radius 2 is 1.27 bits per heavy atom. The second-order valence-corrected chi connectivity index (χ2v) is 7.79. The molecule has 0 bridgehead atoms. The van der Waals surface area contributed by atoms with Crippen molar-refractivity contribution in [2.45, 2.75) is 116 Å². The van der Waals surface area contributed by atoms with E-state index in [1.165, 1.54) is 96.3 Å². The number of carbonyl (C=O) groups is 1. The smallest absolute Gasteiger partial charge is 0.407 e. The van der Waals surface area contributed by atoms with Crippen molar-refractivity contribution in [2.75, 3.05) is 19.8 Å². The maximum atomic E-state index is 10.9. The summed E-state index contributed by atoms with van der Waals surface area (Å²) in [5.74, 6) is 0. The van der Waals surface area contributed by atoms with Gasteiger partial charge in [-0.2, -0.15) is 0 Å². The number of hydrogen-bond donors (Lipinski definition) is 1. The number of ether oxygens (including phenoxy) is 2. The fourth-order valence-electron chi connectivity index (χ4n) is 3.49. The number of amides is 1. The fraction of sp³-hybridized carbons (Fsp3) is 0.955. The van der Waals surface area contributed by atoms with Crippen LogP contribution in [0.2, 0.25) is 0 Å². The third-order valence-electron chi connectivity index (χ3n) is 5.19. The van der Waals surface area contributed by atoms with E-state index in [9.17, 15) is 4.79 Å². The first-order valence-electron chi connectivity index (χ1n) is 11.3. The third kappa shape index (κ3) is 14.4. The molecule has 1 amide bonds. The van der Waals surface area contributed by atoms with Crippen molar-refractivity contribution < 1.29 is 14.3 Å². The minimum absolute atomic E-state index is 0.0939. The Balaban J connectivity index is 1.65. The van der Waals surface area contributed by atoms with E-state index < -0.39 is 0 Å². The summed E-state index contributed by atoms with van der Waals surface area (Å²) in [5, 5.41) is 2.64. The van der Waals surface area contributed by atoms with E-state index >= 15 is 0 Å². The first-order chi connectivity index (χ1) is 12.8. The molecule has 0 aromatic rings. The third-order valence-corrected chi connectivity index (χ3v) is 5.19. The highest BCUT2D eigenvalue weighted by atomic mass is 16.6. The summed E-state index contributed by atoms with van der Waals surface area (Å²) in [6, 6.07) is 0. The van der Waals surface area contributed by atoms with Crippen LogP contribution in [-0.2, 0) is 9.47 Å². The highest BCUT2D eigenvalue weighted by Gasteiger charge is 2.21. The molecule has 1 atom stereocenters. The molecule has 1 unspecified atom stereocenters. The minimum Gasteiger partial charge on any atom is -0.442 e. The lowest BCUT2D eigenvalue weighted by molar-refractivity contribution is 0.0443. The van der Waals surface area contributed by atoms with Crippen LogP contribution in [0.25, 0.3) is 0 Å². The van der Waals surface area contributed by atoms with Crippen LogP contribution in [0.1, 0.15) is 110 Å². The van der Waals surface area contributed by atoms with Gasteiger partial charge in [0.25, 0.3) is 0 Å². The molecule has 1 fully saturated rings. The Kier molecular flexibility index (Phi) is 15.8. The summed E-state index contributed by atoms with van der Waals surface area (Å²) in [4.78, 5) is 10.9. The van der Waals surface area contributed by atoms with Gasteiger partial charge >= 0.3 is 6.09 Å². The highest BCUT2D eigenvalue weighted by Crippen LogP contribution is 2.13. The van der Waals surface area contributed by atoms with E-state index in [1.54, 1.807) is 0 Å². The predicted octanol–water partition coefficient (Wildman–Crippen LogP) is 6.37. The molecule has 0 spiro atoms. The first kappa shape index (κ1) is 23.3. The molecule has 1 aliphatic heterocycles. The molecule has 0 aliphatic carbocycles. The minimum atomic E-state index is -0.319. The normalized spacial score (nSPS) is 16.7. The number of hydrogen-bond acceptors (Lipinski definition) is 3. The molecular formula is C22H43NO3. The molecule has 1 heterocycles. The lowest BCUT2D eigenvalue weighted by Crippen LogP contribution is -2.20. The van der Waals surface area contributed by atoms with E-state index in [4.69, 9.17) is 9.47 Å². The van der Waals surface area contributed by atoms with Gasteiger partial charge in [-0.15, -0.1) is 0 Å². The van der Waals surface area contributed by atoms with Gasteiger partial charge in [-0.1, -0.05) is 103 Å². The van der Waals surface area contributed by atoms with Gasteiger partial charge in [-0.05, 0) is 6.42 Å². The van der Waals surface area contributed by atoms with Crippen LogP contribution in [0.5, 0.6) is 0 Å². The summed E-state index contributed by atoms with van der Waals surface area (Å²) in [7, 11) is 0. The van der Waals surface area contributed by atoms with Gasteiger partial charge in [0, 0.05) is 6.61 Å². The largest absolute Gasteiger partial charge is 0.442 e. The Bertz CT molecular complexity index is 323. The average Bonchev–Trinajstić information content (AvgIpc) is 3.06. The summed E-state index contributed by atoms with van der Waals surface area (Å²) < 4.78 is 10.6. The number of carbonyl (C=O) groups excluding carboxylic acids is 1. The van der Waals surface area contributed by atoms with E-state index in [2.05, 4.69) is 12.2 Å². The maximum absolute atomic E-state index is 10.9. The Morgan fingerprint density at radius 3 is 1.69 bits per heavy atom. The van der Waals surface area contributed by atoms with E-state index in [0.29, 0.717) is 13.2 Å². The van der Waals surface area contributed by atoms with Crippen LogP contribution in [-0.4, -0.2) is 32.0 Å². The van der Waals surface area contributed by atoms with Crippen molar-refractivity contribution >= 4 is 6.09 Å². The number of alkyl carbamates (subject to hydrolysis) is 1. The number of rotatable bonds is 19. The highest BCUT2D eigenvalue weighted by molar-refractivity contribution is 5.69. The zero-order chi connectivity index (χ0) is 18.7. The summed E-state index contributed by atoms with van der Waals surface area (Å²) in [5.41, 5.74) is 0. The Labute approximate surface area is 161 Å². The van der Waals surface area contributed by atoms with Crippen LogP contribution in [0.3, 0.4) is 0 Å². The average molecular weight is 370 g/mol. The molecule has 1 N–H and O–H groups in total. The molecule has 0 radical (unpaired) electrons. The summed E-state index contributed by atoms with van der Waals surface area (Å²) in [6.07, 6.45) is 21.7.